The van der Waals surface area contributed by atoms with E-state index in [1.54, 1.807) is 13.1 Å². The van der Waals surface area contributed by atoms with E-state index in [1.807, 2.05) is 37.3 Å². The Morgan fingerprint density at radius 2 is 2.11 bits per heavy atom. The fraction of sp³-hybridized carbons (Fsp3) is 0.267. The number of hydrogen-bond donors (Lipinski definition) is 1. The molecule has 1 aromatic heterocycles. The first-order valence-corrected chi connectivity index (χ1v) is 6.87. The molecule has 0 fully saturated rings. The molecule has 2 aromatic rings. The van der Waals surface area contributed by atoms with Crippen molar-refractivity contribution in [3.63, 3.8) is 0 Å². The Bertz CT molecular complexity index is 553. The lowest BCUT2D eigenvalue weighted by Gasteiger charge is -2.14. The Kier molecular flexibility index (Phi) is 4.56. The van der Waals surface area contributed by atoms with E-state index in [0.717, 1.165) is 21.3 Å². The number of pyridine rings is 1. The molecule has 0 saturated heterocycles. The second kappa shape index (κ2) is 6.17. The Hall–Kier alpha value is -1.39. The van der Waals surface area contributed by atoms with Gasteiger partial charge in [-0.1, -0.05) is 11.6 Å². The molecular formula is C15H16BrNO2. The molecule has 0 bridgehead atoms. The van der Waals surface area contributed by atoms with Crippen molar-refractivity contribution in [3.05, 3.63) is 57.8 Å². The van der Waals surface area contributed by atoms with Crippen LogP contribution in [0.2, 0.25) is 0 Å². The first-order valence-electron chi connectivity index (χ1n) is 6.08. The van der Waals surface area contributed by atoms with E-state index in [1.165, 1.54) is 0 Å². The number of halogens is 1. The van der Waals surface area contributed by atoms with Crippen LogP contribution >= 0.6 is 15.9 Å². The van der Waals surface area contributed by atoms with Gasteiger partial charge in [0.15, 0.2) is 0 Å². The van der Waals surface area contributed by atoms with Gasteiger partial charge < -0.3 is 9.84 Å². The summed E-state index contributed by atoms with van der Waals surface area (Å²) in [6, 6.07) is 9.62. The minimum Gasteiger partial charge on any atom is -0.487 e. The molecule has 1 atom stereocenters. The topological polar surface area (TPSA) is 42.4 Å². The van der Waals surface area contributed by atoms with Gasteiger partial charge in [-0.25, -0.2) is 0 Å². The predicted molar refractivity (Wildman–Crippen MR) is 78.1 cm³/mol. The second-order valence-electron chi connectivity index (χ2n) is 4.47. The predicted octanol–water partition coefficient (Wildman–Crippen LogP) is 3.78. The number of ether oxygens (including phenoxy) is 1. The largest absolute Gasteiger partial charge is 0.487 e. The first-order chi connectivity index (χ1) is 9.06. The zero-order valence-electron chi connectivity index (χ0n) is 10.9. The molecule has 0 unspecified atom stereocenters. The van der Waals surface area contributed by atoms with Crippen molar-refractivity contribution < 1.29 is 9.84 Å². The van der Waals surface area contributed by atoms with Gasteiger partial charge in [0.05, 0.1) is 11.8 Å². The average Bonchev–Trinajstić information content (AvgIpc) is 2.39. The molecule has 4 heteroatoms. The van der Waals surface area contributed by atoms with Crippen molar-refractivity contribution in [3.8, 4) is 5.75 Å². The summed E-state index contributed by atoms with van der Waals surface area (Å²) in [6.07, 6.45) is 1.19. The van der Waals surface area contributed by atoms with Gasteiger partial charge in [-0.05, 0) is 54.0 Å². The van der Waals surface area contributed by atoms with E-state index in [0.29, 0.717) is 12.4 Å². The quantitative estimate of drug-likeness (QED) is 0.931. The van der Waals surface area contributed by atoms with Crippen molar-refractivity contribution in [2.45, 2.75) is 26.6 Å². The number of hydrogen-bond acceptors (Lipinski definition) is 3. The molecule has 0 spiro atoms. The van der Waals surface area contributed by atoms with Gasteiger partial charge in [0.2, 0.25) is 0 Å². The molecule has 2 rings (SSSR count). The van der Waals surface area contributed by atoms with Gasteiger partial charge in [0.25, 0.3) is 0 Å². The third-order valence-corrected chi connectivity index (χ3v) is 3.25. The maximum Gasteiger partial charge on any atom is 0.130 e. The average molecular weight is 322 g/mol. The van der Waals surface area contributed by atoms with Crippen LogP contribution in [0, 0.1) is 6.92 Å². The van der Waals surface area contributed by atoms with Crippen molar-refractivity contribution in [1.29, 1.82) is 0 Å². The lowest BCUT2D eigenvalue weighted by atomic mass is 10.1. The van der Waals surface area contributed by atoms with Crippen LogP contribution in [-0.4, -0.2) is 10.1 Å². The molecule has 0 aliphatic carbocycles. The molecule has 0 amide bonds. The zero-order valence-corrected chi connectivity index (χ0v) is 12.5. The molecule has 0 aliphatic heterocycles. The summed E-state index contributed by atoms with van der Waals surface area (Å²) in [5, 5.41) is 9.76. The highest BCUT2D eigenvalue weighted by Gasteiger charge is 2.09. The Labute approximate surface area is 121 Å². The highest BCUT2D eigenvalue weighted by Crippen LogP contribution is 2.26. The fourth-order valence-electron chi connectivity index (χ4n) is 1.77. The maximum absolute atomic E-state index is 9.76. The molecule has 0 saturated carbocycles. The van der Waals surface area contributed by atoms with Crippen LogP contribution in [0.3, 0.4) is 0 Å². The van der Waals surface area contributed by atoms with Crippen LogP contribution in [0.1, 0.15) is 29.8 Å². The van der Waals surface area contributed by atoms with E-state index in [4.69, 9.17) is 4.74 Å². The molecule has 3 nitrogen and oxygen atoms in total. The SMILES string of the molecule is Cc1ccc(OCc2ccc(Br)cn2)c([C@@H](C)O)c1. The Balaban J connectivity index is 2.13. The van der Waals surface area contributed by atoms with Crippen molar-refractivity contribution >= 4 is 15.9 Å². The minimum absolute atomic E-state index is 0.385. The maximum atomic E-state index is 9.76. The van der Waals surface area contributed by atoms with Gasteiger partial charge in [-0.15, -0.1) is 0 Å². The van der Waals surface area contributed by atoms with Gasteiger partial charge in [-0.2, -0.15) is 0 Å². The summed E-state index contributed by atoms with van der Waals surface area (Å²) in [7, 11) is 0. The highest BCUT2D eigenvalue weighted by molar-refractivity contribution is 9.10. The smallest absolute Gasteiger partial charge is 0.130 e. The normalized spacial score (nSPS) is 12.2. The third kappa shape index (κ3) is 3.78. The van der Waals surface area contributed by atoms with Gasteiger partial charge in [-0.3, -0.25) is 4.98 Å². The summed E-state index contributed by atoms with van der Waals surface area (Å²) in [5.41, 5.74) is 2.75. The molecule has 100 valence electrons. The number of benzene rings is 1. The van der Waals surface area contributed by atoms with Crippen LogP contribution in [0.25, 0.3) is 0 Å². The molecule has 19 heavy (non-hydrogen) atoms. The molecular weight excluding hydrogens is 306 g/mol. The first kappa shape index (κ1) is 14.0. The van der Waals surface area contributed by atoms with Crippen molar-refractivity contribution in [1.82, 2.24) is 4.98 Å². The standard InChI is InChI=1S/C15H16BrNO2/c1-10-3-6-15(14(7-10)11(2)18)19-9-13-5-4-12(16)8-17-13/h3-8,11,18H,9H2,1-2H3/t11-/m1/s1. The van der Waals surface area contributed by atoms with Crippen LogP contribution in [-0.2, 0) is 6.61 Å². The summed E-state index contributed by atoms with van der Waals surface area (Å²) in [6.45, 7) is 4.11. The fourth-order valence-corrected chi connectivity index (χ4v) is 2.00. The van der Waals surface area contributed by atoms with E-state index < -0.39 is 6.10 Å². The van der Waals surface area contributed by atoms with E-state index in [-0.39, 0.29) is 0 Å². The third-order valence-electron chi connectivity index (χ3n) is 2.78. The van der Waals surface area contributed by atoms with Crippen molar-refractivity contribution in [2.75, 3.05) is 0 Å². The molecule has 0 aliphatic rings. The number of nitrogens with zero attached hydrogens (tertiary/aromatic N) is 1. The lowest BCUT2D eigenvalue weighted by Crippen LogP contribution is -2.02. The van der Waals surface area contributed by atoms with Crippen molar-refractivity contribution in [2.24, 2.45) is 0 Å². The molecule has 0 radical (unpaired) electrons. The number of aliphatic hydroxyl groups is 1. The van der Waals surface area contributed by atoms with E-state index in [2.05, 4.69) is 20.9 Å². The number of aryl methyl sites for hydroxylation is 1. The zero-order chi connectivity index (χ0) is 13.8. The van der Waals surface area contributed by atoms with Crippen LogP contribution < -0.4 is 4.74 Å². The Morgan fingerprint density at radius 1 is 1.32 bits per heavy atom. The summed E-state index contributed by atoms with van der Waals surface area (Å²) < 4.78 is 6.68. The Morgan fingerprint density at radius 3 is 2.74 bits per heavy atom. The van der Waals surface area contributed by atoms with Crippen LogP contribution in [0.5, 0.6) is 5.75 Å². The minimum atomic E-state index is -0.548. The molecule has 1 heterocycles. The van der Waals surface area contributed by atoms with E-state index in [9.17, 15) is 5.11 Å². The molecule has 1 N–H and O–H groups in total. The number of rotatable bonds is 4. The highest BCUT2D eigenvalue weighted by atomic mass is 79.9. The summed E-state index contributed by atoms with van der Waals surface area (Å²) >= 11 is 3.34. The summed E-state index contributed by atoms with van der Waals surface area (Å²) in [5.74, 6) is 0.699. The van der Waals surface area contributed by atoms with Gasteiger partial charge >= 0.3 is 0 Å². The molecule has 1 aromatic carbocycles. The van der Waals surface area contributed by atoms with Gasteiger partial charge in [0.1, 0.15) is 12.4 Å². The van der Waals surface area contributed by atoms with Crippen LogP contribution in [0.4, 0.5) is 0 Å². The summed E-state index contributed by atoms with van der Waals surface area (Å²) in [4.78, 5) is 4.25. The second-order valence-corrected chi connectivity index (χ2v) is 5.39. The lowest BCUT2D eigenvalue weighted by molar-refractivity contribution is 0.189. The monoisotopic (exact) mass is 321 g/mol. The van der Waals surface area contributed by atoms with E-state index >= 15 is 0 Å². The van der Waals surface area contributed by atoms with Gasteiger partial charge in [0, 0.05) is 16.2 Å². The number of aromatic nitrogens is 1. The number of aliphatic hydroxyl groups excluding tert-OH is 1. The van der Waals surface area contributed by atoms with Crippen LogP contribution in [0.15, 0.2) is 41.0 Å².